The maximum atomic E-state index is 12.3. The highest BCUT2D eigenvalue weighted by Crippen LogP contribution is 2.26. The summed E-state index contributed by atoms with van der Waals surface area (Å²) in [7, 11) is 0. The van der Waals surface area contributed by atoms with Crippen molar-refractivity contribution < 1.29 is 9.21 Å². The Morgan fingerprint density at radius 1 is 1.29 bits per heavy atom. The first-order valence-electron chi connectivity index (χ1n) is 7.35. The summed E-state index contributed by atoms with van der Waals surface area (Å²) >= 11 is 1.41. The number of nitrogens with one attached hydrogen (secondary N) is 1. The number of amides is 1. The van der Waals surface area contributed by atoms with E-state index in [4.69, 9.17) is 4.42 Å². The molecule has 24 heavy (non-hydrogen) atoms. The summed E-state index contributed by atoms with van der Waals surface area (Å²) in [6.07, 6.45) is 0. The average molecular weight is 339 g/mol. The molecule has 0 saturated carbocycles. The molecule has 4 aromatic rings. The molecule has 4 rings (SSSR count). The van der Waals surface area contributed by atoms with Crippen LogP contribution in [0.15, 0.2) is 51.7 Å². The van der Waals surface area contributed by atoms with Gasteiger partial charge in [0, 0.05) is 0 Å². The molecule has 0 atom stereocenters. The molecule has 6 nitrogen and oxygen atoms in total. The fourth-order valence-corrected chi connectivity index (χ4v) is 3.53. The van der Waals surface area contributed by atoms with E-state index < -0.39 is 5.76 Å². The molecule has 0 unspecified atom stereocenters. The van der Waals surface area contributed by atoms with E-state index in [0.29, 0.717) is 16.2 Å². The number of hydrogen-bond acceptors (Lipinski definition) is 5. The van der Waals surface area contributed by atoms with E-state index in [-0.39, 0.29) is 12.5 Å². The van der Waals surface area contributed by atoms with Crippen LogP contribution in [0.5, 0.6) is 0 Å². The van der Waals surface area contributed by atoms with Crippen molar-refractivity contribution in [3.8, 4) is 0 Å². The lowest BCUT2D eigenvalue weighted by atomic mass is 10.2. The number of thiazole rings is 1. The smallest absolute Gasteiger partial charge is 0.408 e. The van der Waals surface area contributed by atoms with Crippen molar-refractivity contribution in [2.24, 2.45) is 0 Å². The monoisotopic (exact) mass is 339 g/mol. The number of oxazole rings is 1. The van der Waals surface area contributed by atoms with Gasteiger partial charge in [0.25, 0.3) is 0 Å². The lowest BCUT2D eigenvalue weighted by Crippen LogP contribution is -2.24. The average Bonchev–Trinajstić information content (AvgIpc) is 3.07. The summed E-state index contributed by atoms with van der Waals surface area (Å²) in [5, 5.41) is 3.26. The Labute approximate surface area is 140 Å². The van der Waals surface area contributed by atoms with Gasteiger partial charge in [-0.1, -0.05) is 29.5 Å². The minimum Gasteiger partial charge on any atom is -0.408 e. The molecule has 2 aromatic carbocycles. The van der Waals surface area contributed by atoms with Crippen LogP contribution in [-0.4, -0.2) is 15.5 Å². The Morgan fingerprint density at radius 3 is 3.00 bits per heavy atom. The Hall–Kier alpha value is -2.93. The van der Waals surface area contributed by atoms with Gasteiger partial charge in [0.05, 0.1) is 15.7 Å². The van der Waals surface area contributed by atoms with Gasteiger partial charge in [0.2, 0.25) is 5.91 Å². The van der Waals surface area contributed by atoms with E-state index in [0.717, 1.165) is 15.8 Å². The molecule has 120 valence electrons. The molecule has 1 amide bonds. The van der Waals surface area contributed by atoms with E-state index in [1.807, 2.05) is 25.1 Å². The van der Waals surface area contributed by atoms with Gasteiger partial charge in [-0.2, -0.15) is 0 Å². The van der Waals surface area contributed by atoms with Crippen LogP contribution >= 0.6 is 11.3 Å². The summed E-state index contributed by atoms with van der Waals surface area (Å²) in [5.74, 6) is -0.870. The van der Waals surface area contributed by atoms with E-state index in [2.05, 4.69) is 10.3 Å². The van der Waals surface area contributed by atoms with Crippen molar-refractivity contribution in [3.05, 3.63) is 58.6 Å². The lowest BCUT2D eigenvalue weighted by molar-refractivity contribution is -0.116. The lowest BCUT2D eigenvalue weighted by Gasteiger charge is -2.02. The number of nitrogens with zero attached hydrogens (tertiary/aromatic N) is 2. The number of rotatable bonds is 3. The Balaban J connectivity index is 1.59. The van der Waals surface area contributed by atoms with Gasteiger partial charge in [0.15, 0.2) is 10.7 Å². The van der Waals surface area contributed by atoms with Gasteiger partial charge in [-0.05, 0) is 36.8 Å². The number of aromatic nitrogens is 2. The number of hydrogen-bond donors (Lipinski definition) is 1. The summed E-state index contributed by atoms with van der Waals surface area (Å²) in [6, 6.07) is 12.9. The Bertz CT molecular complexity index is 1120. The molecule has 0 radical (unpaired) electrons. The molecule has 0 fully saturated rings. The van der Waals surface area contributed by atoms with E-state index in [1.165, 1.54) is 15.9 Å². The highest BCUT2D eigenvalue weighted by Gasteiger charge is 2.14. The van der Waals surface area contributed by atoms with Crippen molar-refractivity contribution in [3.63, 3.8) is 0 Å². The first-order valence-corrected chi connectivity index (χ1v) is 8.17. The van der Waals surface area contributed by atoms with E-state index in [9.17, 15) is 9.59 Å². The van der Waals surface area contributed by atoms with Gasteiger partial charge >= 0.3 is 5.76 Å². The standard InChI is InChI=1S/C17H13N3O3S/c1-10-6-7-11-14(8-10)24-16(18-11)19-15(21)9-20-12-4-2-3-5-13(12)23-17(20)22/h2-8H,9H2,1H3,(H,18,19,21). The maximum absolute atomic E-state index is 12.3. The Morgan fingerprint density at radius 2 is 2.12 bits per heavy atom. The third kappa shape index (κ3) is 2.59. The van der Waals surface area contributed by atoms with Crippen LogP contribution in [0.2, 0.25) is 0 Å². The fourth-order valence-electron chi connectivity index (χ4n) is 2.55. The normalized spacial score (nSPS) is 11.2. The predicted octanol–water partition coefficient (Wildman–Crippen LogP) is 3.15. The van der Waals surface area contributed by atoms with Crippen molar-refractivity contribution in [2.75, 3.05) is 5.32 Å². The second-order valence-corrected chi connectivity index (χ2v) is 6.49. The maximum Gasteiger partial charge on any atom is 0.420 e. The van der Waals surface area contributed by atoms with E-state index >= 15 is 0 Å². The number of aryl methyl sites for hydroxylation is 1. The molecular weight excluding hydrogens is 326 g/mol. The number of carbonyl (C=O) groups is 1. The molecule has 0 saturated heterocycles. The molecule has 0 spiro atoms. The minimum absolute atomic E-state index is 0.120. The molecule has 0 aliphatic rings. The van der Waals surface area contributed by atoms with Gasteiger partial charge in [0.1, 0.15) is 6.54 Å². The number of benzene rings is 2. The molecule has 0 bridgehead atoms. The molecule has 0 aliphatic heterocycles. The van der Waals surface area contributed by atoms with Crippen LogP contribution in [0.3, 0.4) is 0 Å². The predicted molar refractivity (Wildman–Crippen MR) is 93.5 cm³/mol. The van der Waals surface area contributed by atoms with Crippen LogP contribution in [0, 0.1) is 6.92 Å². The summed E-state index contributed by atoms with van der Waals surface area (Å²) in [5.41, 5.74) is 3.04. The SMILES string of the molecule is Cc1ccc2nc(NC(=O)Cn3c(=O)oc4ccccc43)sc2c1. The number of para-hydroxylation sites is 2. The van der Waals surface area contributed by atoms with Crippen LogP contribution in [0.4, 0.5) is 5.13 Å². The summed E-state index contributed by atoms with van der Waals surface area (Å²) in [4.78, 5) is 28.6. The molecule has 0 aliphatic carbocycles. The zero-order valence-corrected chi connectivity index (χ0v) is 13.6. The summed E-state index contributed by atoms with van der Waals surface area (Å²) < 4.78 is 7.44. The topological polar surface area (TPSA) is 77.1 Å². The van der Waals surface area contributed by atoms with Gasteiger partial charge in [-0.3, -0.25) is 9.36 Å². The minimum atomic E-state index is -0.550. The Kier molecular flexibility index (Phi) is 3.42. The molecule has 1 N–H and O–H groups in total. The largest absolute Gasteiger partial charge is 0.420 e. The molecule has 7 heteroatoms. The molecular formula is C17H13N3O3S. The quantitative estimate of drug-likeness (QED) is 0.622. The van der Waals surface area contributed by atoms with Crippen molar-refractivity contribution in [1.82, 2.24) is 9.55 Å². The van der Waals surface area contributed by atoms with Gasteiger partial charge in [-0.25, -0.2) is 9.78 Å². The number of carbonyl (C=O) groups excluding carboxylic acids is 1. The van der Waals surface area contributed by atoms with Gasteiger partial charge in [-0.15, -0.1) is 0 Å². The van der Waals surface area contributed by atoms with Crippen LogP contribution in [-0.2, 0) is 11.3 Å². The third-order valence-corrected chi connectivity index (χ3v) is 4.60. The van der Waals surface area contributed by atoms with E-state index in [1.54, 1.807) is 24.3 Å². The number of anilines is 1. The molecule has 2 heterocycles. The third-order valence-electron chi connectivity index (χ3n) is 3.67. The van der Waals surface area contributed by atoms with Crippen LogP contribution in [0.25, 0.3) is 21.3 Å². The zero-order chi connectivity index (χ0) is 16.7. The highest BCUT2D eigenvalue weighted by atomic mass is 32.1. The first-order chi connectivity index (χ1) is 11.6. The first kappa shape index (κ1) is 14.6. The van der Waals surface area contributed by atoms with Crippen molar-refractivity contribution in [2.45, 2.75) is 13.5 Å². The summed E-state index contributed by atoms with van der Waals surface area (Å²) in [6.45, 7) is 1.89. The number of fused-ring (bicyclic) bond motifs is 2. The second-order valence-electron chi connectivity index (χ2n) is 5.46. The van der Waals surface area contributed by atoms with Crippen molar-refractivity contribution >= 4 is 43.7 Å². The van der Waals surface area contributed by atoms with Crippen LogP contribution in [0.1, 0.15) is 5.56 Å². The molecule has 2 aromatic heterocycles. The second kappa shape index (κ2) is 5.61. The van der Waals surface area contributed by atoms with Crippen molar-refractivity contribution in [1.29, 1.82) is 0 Å². The highest BCUT2D eigenvalue weighted by molar-refractivity contribution is 7.22. The fraction of sp³-hybridized carbons (Fsp3) is 0.118. The van der Waals surface area contributed by atoms with Crippen LogP contribution < -0.4 is 11.1 Å². The van der Waals surface area contributed by atoms with Gasteiger partial charge < -0.3 is 9.73 Å². The zero-order valence-electron chi connectivity index (χ0n) is 12.8.